The number of piperidine rings is 1. The number of aryl methyl sites for hydroxylation is 2. The molecule has 1 fully saturated rings. The molecule has 1 saturated heterocycles. The van der Waals surface area contributed by atoms with Crippen molar-refractivity contribution in [2.24, 2.45) is 0 Å². The number of nitrogens with one attached hydrogen (secondary N) is 2. The van der Waals surface area contributed by atoms with Gasteiger partial charge in [-0.3, -0.25) is 9.69 Å². The number of thiazole rings is 1. The largest absolute Gasteiger partial charge is 0.301 e. The quantitative estimate of drug-likeness (QED) is 0.738. The minimum absolute atomic E-state index is 0.0555. The van der Waals surface area contributed by atoms with E-state index in [2.05, 4.69) is 19.9 Å². The number of amides is 1. The number of carbonyl (C=O) groups is 1. The molecule has 0 atom stereocenters. The Morgan fingerprint density at radius 1 is 1.30 bits per heavy atom. The highest BCUT2D eigenvalue weighted by atomic mass is 32.2. The topological polar surface area (TPSA) is 91.4 Å². The first kappa shape index (κ1) is 19.0. The highest BCUT2D eigenvalue weighted by molar-refractivity contribution is 7.91. The van der Waals surface area contributed by atoms with E-state index in [-0.39, 0.29) is 11.9 Å². The maximum atomic E-state index is 12.3. The minimum Gasteiger partial charge on any atom is -0.301 e. The zero-order valence-electron chi connectivity index (χ0n) is 14.8. The fourth-order valence-corrected chi connectivity index (χ4v) is 6.89. The summed E-state index contributed by atoms with van der Waals surface area (Å²) >= 11 is 2.80. The van der Waals surface area contributed by atoms with E-state index in [0.29, 0.717) is 41.8 Å². The normalized spacial score (nSPS) is 18.5. The predicted octanol–water partition coefficient (Wildman–Crippen LogP) is 2.07. The van der Waals surface area contributed by atoms with E-state index in [1.165, 1.54) is 16.2 Å². The summed E-state index contributed by atoms with van der Waals surface area (Å²) in [4.78, 5) is 20.1. The first-order valence-corrected chi connectivity index (χ1v) is 12.2. The fourth-order valence-electron chi connectivity index (χ4n) is 3.51. The molecule has 0 spiro atoms. The lowest BCUT2D eigenvalue weighted by Crippen LogP contribution is -2.46. The van der Waals surface area contributed by atoms with Crippen molar-refractivity contribution >= 4 is 43.7 Å². The summed E-state index contributed by atoms with van der Waals surface area (Å²) < 4.78 is 27.7. The van der Waals surface area contributed by atoms with Gasteiger partial charge in [0.1, 0.15) is 4.21 Å². The Balaban J connectivity index is 1.23. The van der Waals surface area contributed by atoms with Crippen LogP contribution in [-0.2, 0) is 27.7 Å². The van der Waals surface area contributed by atoms with E-state index < -0.39 is 10.0 Å². The summed E-state index contributed by atoms with van der Waals surface area (Å²) in [5.41, 5.74) is 1.13. The summed E-state index contributed by atoms with van der Waals surface area (Å²) in [6.07, 6.45) is 4.63. The number of aromatic nitrogens is 1. The second kappa shape index (κ2) is 7.96. The molecule has 0 saturated carbocycles. The van der Waals surface area contributed by atoms with Gasteiger partial charge in [0, 0.05) is 24.0 Å². The molecule has 27 heavy (non-hydrogen) atoms. The molecular weight excluding hydrogens is 404 g/mol. The predicted molar refractivity (Wildman–Crippen MR) is 107 cm³/mol. The van der Waals surface area contributed by atoms with Gasteiger partial charge < -0.3 is 5.32 Å². The maximum Gasteiger partial charge on any atom is 0.250 e. The molecule has 146 valence electrons. The van der Waals surface area contributed by atoms with Gasteiger partial charge in [0.05, 0.1) is 12.2 Å². The molecule has 10 heteroatoms. The molecule has 4 rings (SSSR count). The minimum atomic E-state index is -3.43. The summed E-state index contributed by atoms with van der Waals surface area (Å²) in [5.74, 6) is -0.0555. The van der Waals surface area contributed by atoms with Crippen LogP contribution in [0.5, 0.6) is 0 Å². The Morgan fingerprint density at radius 2 is 2.11 bits per heavy atom. The Kier molecular flexibility index (Phi) is 5.60. The van der Waals surface area contributed by atoms with Crippen LogP contribution in [0.1, 0.15) is 29.8 Å². The standard InChI is InChI=1S/C17H22N4O3S3/c22-15(19-17-18-13-3-1-4-14(13)26-17)11-21-8-6-12(7-9-21)20-27(23,24)16-5-2-10-25-16/h2,5,10,12,20H,1,3-4,6-9,11H2,(H,18,19,22). The van der Waals surface area contributed by atoms with Crippen LogP contribution < -0.4 is 10.0 Å². The zero-order valence-corrected chi connectivity index (χ0v) is 17.3. The number of rotatable bonds is 6. The number of sulfonamides is 1. The van der Waals surface area contributed by atoms with Gasteiger partial charge in [0.25, 0.3) is 0 Å². The van der Waals surface area contributed by atoms with Crippen molar-refractivity contribution in [3.8, 4) is 0 Å². The van der Waals surface area contributed by atoms with Gasteiger partial charge in [0.15, 0.2) is 5.13 Å². The molecule has 2 aromatic heterocycles. The Bertz CT molecular complexity index is 879. The number of thiophene rings is 1. The number of nitrogens with zero attached hydrogens (tertiary/aromatic N) is 2. The maximum absolute atomic E-state index is 12.3. The second-order valence-electron chi connectivity index (χ2n) is 6.89. The molecule has 0 radical (unpaired) electrons. The molecule has 0 bridgehead atoms. The molecular formula is C17H22N4O3S3. The van der Waals surface area contributed by atoms with Gasteiger partial charge in [-0.2, -0.15) is 0 Å². The van der Waals surface area contributed by atoms with Crippen LogP contribution in [0.2, 0.25) is 0 Å². The van der Waals surface area contributed by atoms with Crippen molar-refractivity contribution < 1.29 is 13.2 Å². The van der Waals surface area contributed by atoms with Crippen molar-refractivity contribution in [2.75, 3.05) is 25.0 Å². The van der Waals surface area contributed by atoms with Crippen LogP contribution in [0, 0.1) is 0 Å². The molecule has 2 N–H and O–H groups in total. The molecule has 0 aromatic carbocycles. The fraction of sp³-hybridized carbons (Fsp3) is 0.529. The number of carbonyl (C=O) groups excluding carboxylic acids is 1. The number of fused-ring (bicyclic) bond motifs is 1. The molecule has 2 aliphatic rings. The van der Waals surface area contributed by atoms with Crippen LogP contribution >= 0.6 is 22.7 Å². The smallest absolute Gasteiger partial charge is 0.250 e. The van der Waals surface area contributed by atoms with Gasteiger partial charge in [0.2, 0.25) is 15.9 Å². The summed E-state index contributed by atoms with van der Waals surface area (Å²) in [6, 6.07) is 3.26. The first-order chi connectivity index (χ1) is 13.0. The molecule has 0 unspecified atom stereocenters. The van der Waals surface area contributed by atoms with Crippen LogP contribution in [-0.4, -0.2) is 49.9 Å². The van der Waals surface area contributed by atoms with Crippen LogP contribution in [0.4, 0.5) is 5.13 Å². The van der Waals surface area contributed by atoms with E-state index in [4.69, 9.17) is 0 Å². The Hall–Kier alpha value is -1.33. The van der Waals surface area contributed by atoms with Gasteiger partial charge in [-0.1, -0.05) is 6.07 Å². The van der Waals surface area contributed by atoms with Crippen molar-refractivity contribution in [3.63, 3.8) is 0 Å². The summed E-state index contributed by atoms with van der Waals surface area (Å²) in [7, 11) is -3.43. The van der Waals surface area contributed by atoms with E-state index in [1.807, 2.05) is 0 Å². The molecule has 1 aliphatic carbocycles. The lowest BCUT2D eigenvalue weighted by atomic mass is 10.1. The van der Waals surface area contributed by atoms with Gasteiger partial charge in [-0.15, -0.1) is 22.7 Å². The third-order valence-electron chi connectivity index (χ3n) is 4.88. The van der Waals surface area contributed by atoms with Crippen LogP contribution in [0.15, 0.2) is 21.7 Å². The third-order valence-corrected chi connectivity index (χ3v) is 8.87. The lowest BCUT2D eigenvalue weighted by molar-refractivity contribution is -0.117. The zero-order chi connectivity index (χ0) is 18.9. The van der Waals surface area contributed by atoms with Crippen molar-refractivity contribution in [2.45, 2.75) is 42.4 Å². The van der Waals surface area contributed by atoms with Crippen LogP contribution in [0.3, 0.4) is 0 Å². The Morgan fingerprint density at radius 3 is 2.81 bits per heavy atom. The molecule has 1 amide bonds. The third kappa shape index (κ3) is 4.57. The first-order valence-electron chi connectivity index (χ1n) is 9.06. The van der Waals surface area contributed by atoms with Gasteiger partial charge in [-0.05, 0) is 43.6 Å². The van der Waals surface area contributed by atoms with Crippen molar-refractivity contribution in [1.82, 2.24) is 14.6 Å². The average molecular weight is 427 g/mol. The number of likely N-dealkylation sites (tertiary alicyclic amines) is 1. The Labute approximate surface area is 166 Å². The van der Waals surface area contributed by atoms with E-state index >= 15 is 0 Å². The molecule has 3 heterocycles. The van der Waals surface area contributed by atoms with E-state index in [9.17, 15) is 13.2 Å². The van der Waals surface area contributed by atoms with E-state index in [1.54, 1.807) is 28.8 Å². The molecule has 2 aromatic rings. The van der Waals surface area contributed by atoms with Crippen molar-refractivity contribution in [1.29, 1.82) is 0 Å². The monoisotopic (exact) mass is 426 g/mol. The van der Waals surface area contributed by atoms with E-state index in [0.717, 1.165) is 25.0 Å². The summed E-state index contributed by atoms with van der Waals surface area (Å²) in [6.45, 7) is 1.70. The molecule has 1 aliphatic heterocycles. The van der Waals surface area contributed by atoms with Crippen molar-refractivity contribution in [3.05, 3.63) is 28.1 Å². The highest BCUT2D eigenvalue weighted by Crippen LogP contribution is 2.30. The number of anilines is 1. The highest BCUT2D eigenvalue weighted by Gasteiger charge is 2.26. The second-order valence-corrected chi connectivity index (χ2v) is 10.9. The lowest BCUT2D eigenvalue weighted by Gasteiger charge is -2.31. The number of hydrogen-bond acceptors (Lipinski definition) is 7. The van der Waals surface area contributed by atoms with Gasteiger partial charge >= 0.3 is 0 Å². The van der Waals surface area contributed by atoms with Gasteiger partial charge in [-0.25, -0.2) is 18.1 Å². The molecule has 7 nitrogen and oxygen atoms in total. The SMILES string of the molecule is O=C(CN1CCC(NS(=O)(=O)c2cccs2)CC1)Nc1nc2c(s1)CCC2. The summed E-state index contributed by atoms with van der Waals surface area (Å²) in [5, 5.41) is 5.36. The average Bonchev–Trinajstić information content (AvgIpc) is 3.33. The number of hydrogen-bond donors (Lipinski definition) is 2. The van der Waals surface area contributed by atoms with Crippen LogP contribution in [0.25, 0.3) is 0 Å².